The van der Waals surface area contributed by atoms with Crippen molar-refractivity contribution in [3.8, 4) is 0 Å². The molecule has 1 aliphatic heterocycles. The number of benzene rings is 1. The van der Waals surface area contributed by atoms with Gasteiger partial charge in [0, 0.05) is 13.6 Å². The Morgan fingerprint density at radius 2 is 1.95 bits per heavy atom. The second-order valence-electron chi connectivity index (χ2n) is 4.66. The van der Waals surface area contributed by atoms with Gasteiger partial charge < -0.3 is 10.2 Å². The fourth-order valence-corrected chi connectivity index (χ4v) is 2.25. The number of carbonyl (C=O) groups is 2. The van der Waals surface area contributed by atoms with Gasteiger partial charge in [-0.25, -0.2) is 4.79 Å². The molecule has 2 rings (SSSR count). The highest BCUT2D eigenvalue weighted by atomic mass is 16.2. The molecule has 0 radical (unpaired) electrons. The molecule has 5 heteroatoms. The first-order chi connectivity index (χ1) is 9.13. The van der Waals surface area contributed by atoms with Crippen molar-refractivity contribution >= 4 is 11.9 Å². The summed E-state index contributed by atoms with van der Waals surface area (Å²) in [4.78, 5) is 26.5. The molecular weight excluding hydrogens is 242 g/mol. The maximum atomic E-state index is 11.9. The third-order valence-electron chi connectivity index (χ3n) is 3.25. The summed E-state index contributed by atoms with van der Waals surface area (Å²) >= 11 is 0. The van der Waals surface area contributed by atoms with Crippen LogP contribution in [0.15, 0.2) is 30.3 Å². The Balaban J connectivity index is 2.13. The molecule has 1 saturated heterocycles. The Morgan fingerprint density at radius 3 is 2.47 bits per heavy atom. The van der Waals surface area contributed by atoms with Crippen LogP contribution >= 0.6 is 0 Å². The quantitative estimate of drug-likeness (QED) is 0.811. The lowest BCUT2D eigenvalue weighted by Crippen LogP contribution is -2.39. The zero-order chi connectivity index (χ0) is 13.8. The van der Waals surface area contributed by atoms with E-state index >= 15 is 0 Å². The van der Waals surface area contributed by atoms with Gasteiger partial charge in [0.15, 0.2) is 0 Å². The van der Waals surface area contributed by atoms with Crippen molar-refractivity contribution in [3.05, 3.63) is 35.9 Å². The molecule has 1 heterocycles. The number of nitrogens with one attached hydrogen (secondary N) is 1. The summed E-state index contributed by atoms with van der Waals surface area (Å²) in [6.07, 6.45) is 0. The molecule has 1 aromatic carbocycles. The normalized spacial score (nSPS) is 17.2. The molecule has 1 aliphatic rings. The minimum Gasteiger partial charge on any atom is -0.318 e. The molecule has 19 heavy (non-hydrogen) atoms. The van der Waals surface area contributed by atoms with E-state index in [1.807, 2.05) is 37.3 Å². The lowest BCUT2D eigenvalue weighted by atomic mass is 10.1. The van der Waals surface area contributed by atoms with Crippen molar-refractivity contribution in [2.45, 2.75) is 13.0 Å². The Morgan fingerprint density at radius 1 is 1.26 bits per heavy atom. The number of carbonyl (C=O) groups excluding carboxylic acids is 2. The van der Waals surface area contributed by atoms with Gasteiger partial charge in [-0.2, -0.15) is 0 Å². The fraction of sp³-hybridized carbons (Fsp3) is 0.429. The number of imide groups is 1. The second-order valence-corrected chi connectivity index (χ2v) is 4.66. The number of hydrogen-bond acceptors (Lipinski definition) is 3. The molecule has 0 saturated carbocycles. The van der Waals surface area contributed by atoms with E-state index in [1.54, 1.807) is 7.05 Å². The SMILES string of the molecule is CCNC(CN1C(=O)CN(C)C1=O)c1ccccc1. The van der Waals surface area contributed by atoms with Gasteiger partial charge in [-0.15, -0.1) is 0 Å². The van der Waals surface area contributed by atoms with E-state index in [4.69, 9.17) is 0 Å². The largest absolute Gasteiger partial charge is 0.327 e. The summed E-state index contributed by atoms with van der Waals surface area (Å²) in [6.45, 7) is 3.34. The molecular formula is C14H19N3O2. The molecule has 0 aromatic heterocycles. The van der Waals surface area contributed by atoms with Crippen LogP contribution in [0.2, 0.25) is 0 Å². The van der Waals surface area contributed by atoms with Crippen molar-refractivity contribution in [1.82, 2.24) is 15.1 Å². The first kappa shape index (κ1) is 13.5. The third kappa shape index (κ3) is 2.93. The minimum atomic E-state index is -0.219. The summed E-state index contributed by atoms with van der Waals surface area (Å²) in [5.41, 5.74) is 1.08. The van der Waals surface area contributed by atoms with Crippen LogP contribution in [0.4, 0.5) is 4.79 Å². The number of hydrogen-bond donors (Lipinski definition) is 1. The van der Waals surface area contributed by atoms with Gasteiger partial charge in [0.2, 0.25) is 5.91 Å². The van der Waals surface area contributed by atoms with Crippen LogP contribution in [0.25, 0.3) is 0 Å². The van der Waals surface area contributed by atoms with Crippen molar-refractivity contribution in [1.29, 1.82) is 0 Å². The van der Waals surface area contributed by atoms with Crippen molar-refractivity contribution in [2.75, 3.05) is 26.7 Å². The lowest BCUT2D eigenvalue weighted by molar-refractivity contribution is -0.125. The van der Waals surface area contributed by atoms with Crippen LogP contribution in [-0.4, -0.2) is 48.4 Å². The zero-order valence-electron chi connectivity index (χ0n) is 11.3. The van der Waals surface area contributed by atoms with Crippen molar-refractivity contribution in [2.24, 2.45) is 0 Å². The Bertz CT molecular complexity index is 461. The maximum absolute atomic E-state index is 11.9. The van der Waals surface area contributed by atoms with Crippen LogP contribution < -0.4 is 5.32 Å². The van der Waals surface area contributed by atoms with Crippen LogP contribution in [0.1, 0.15) is 18.5 Å². The van der Waals surface area contributed by atoms with Crippen molar-refractivity contribution < 1.29 is 9.59 Å². The van der Waals surface area contributed by atoms with E-state index in [9.17, 15) is 9.59 Å². The number of urea groups is 1. The monoisotopic (exact) mass is 261 g/mol. The predicted molar refractivity (Wildman–Crippen MR) is 72.6 cm³/mol. The van der Waals surface area contributed by atoms with Crippen molar-refractivity contribution in [3.63, 3.8) is 0 Å². The average molecular weight is 261 g/mol. The highest BCUT2D eigenvalue weighted by molar-refractivity contribution is 6.01. The number of rotatable bonds is 5. The minimum absolute atomic E-state index is 0.0226. The second kappa shape index (κ2) is 5.84. The molecule has 0 spiro atoms. The summed E-state index contributed by atoms with van der Waals surface area (Å²) in [7, 11) is 1.64. The molecule has 1 atom stereocenters. The zero-order valence-corrected chi connectivity index (χ0v) is 11.3. The molecule has 1 unspecified atom stereocenters. The predicted octanol–water partition coefficient (Wildman–Crippen LogP) is 1.23. The van der Waals surface area contributed by atoms with Gasteiger partial charge in [0.1, 0.15) is 6.54 Å². The van der Waals surface area contributed by atoms with Crippen LogP contribution in [0, 0.1) is 0 Å². The highest BCUT2D eigenvalue weighted by Gasteiger charge is 2.34. The van der Waals surface area contributed by atoms with Gasteiger partial charge in [-0.1, -0.05) is 37.3 Å². The molecule has 0 bridgehead atoms. The van der Waals surface area contributed by atoms with Crippen LogP contribution in [-0.2, 0) is 4.79 Å². The number of likely N-dealkylation sites (N-methyl/N-ethyl adjacent to an activating group) is 2. The summed E-state index contributed by atoms with van der Waals surface area (Å²) in [5.74, 6) is -0.133. The maximum Gasteiger partial charge on any atom is 0.327 e. The average Bonchev–Trinajstić information content (AvgIpc) is 2.65. The molecule has 3 amide bonds. The summed E-state index contributed by atoms with van der Waals surface area (Å²) < 4.78 is 0. The summed E-state index contributed by atoms with van der Waals surface area (Å²) in [6, 6.07) is 9.63. The topological polar surface area (TPSA) is 52.7 Å². The van der Waals surface area contributed by atoms with Crippen LogP contribution in [0.5, 0.6) is 0 Å². The van der Waals surface area contributed by atoms with Gasteiger partial charge in [-0.05, 0) is 12.1 Å². The lowest BCUT2D eigenvalue weighted by Gasteiger charge is -2.23. The van der Waals surface area contributed by atoms with Gasteiger partial charge >= 0.3 is 6.03 Å². The third-order valence-corrected chi connectivity index (χ3v) is 3.25. The molecule has 5 nitrogen and oxygen atoms in total. The van der Waals surface area contributed by atoms with Gasteiger partial charge in [0.05, 0.1) is 6.04 Å². The fourth-order valence-electron chi connectivity index (χ4n) is 2.25. The molecule has 1 fully saturated rings. The number of amides is 3. The molecule has 1 aromatic rings. The van der Waals surface area contributed by atoms with Gasteiger partial charge in [-0.3, -0.25) is 9.69 Å². The summed E-state index contributed by atoms with van der Waals surface area (Å²) in [5, 5.41) is 3.32. The number of nitrogens with zero attached hydrogens (tertiary/aromatic N) is 2. The standard InChI is InChI=1S/C14H19N3O2/c1-3-15-12(11-7-5-4-6-8-11)9-17-13(18)10-16(2)14(17)19/h4-8,12,15H,3,9-10H2,1-2H3. The van der Waals surface area contributed by atoms with E-state index in [2.05, 4.69) is 5.32 Å². The Kier molecular flexibility index (Phi) is 4.16. The Hall–Kier alpha value is -1.88. The highest BCUT2D eigenvalue weighted by Crippen LogP contribution is 2.17. The molecule has 1 N–H and O–H groups in total. The smallest absolute Gasteiger partial charge is 0.318 e. The first-order valence-corrected chi connectivity index (χ1v) is 6.47. The molecule has 102 valence electrons. The van der Waals surface area contributed by atoms with Gasteiger partial charge in [0.25, 0.3) is 0 Å². The van der Waals surface area contributed by atoms with Crippen LogP contribution in [0.3, 0.4) is 0 Å². The van der Waals surface area contributed by atoms with E-state index in [1.165, 1.54) is 9.80 Å². The molecule has 0 aliphatic carbocycles. The Labute approximate surface area is 113 Å². The first-order valence-electron chi connectivity index (χ1n) is 6.47. The van der Waals surface area contributed by atoms with E-state index < -0.39 is 0 Å². The van der Waals surface area contributed by atoms with E-state index in [0.29, 0.717) is 6.54 Å². The van der Waals surface area contributed by atoms with E-state index in [0.717, 1.165) is 12.1 Å². The van der Waals surface area contributed by atoms with E-state index in [-0.39, 0.29) is 24.5 Å².